The van der Waals surface area contributed by atoms with Crippen molar-refractivity contribution in [3.8, 4) is 28.3 Å². The molecule has 0 saturated heterocycles. The molecule has 0 unspecified atom stereocenters. The van der Waals surface area contributed by atoms with Crippen LogP contribution in [0.5, 0.6) is 0 Å². The Hall–Kier alpha value is -2.79. The first-order valence-corrected chi connectivity index (χ1v) is 9.98. The number of hydrogen-bond acceptors (Lipinski definition) is 2. The SMILES string of the molecule is Clc1ccc(-c2nn(-c3ccccc3)cc2-c2nc3cc(Cl)c(Cl)cc3[nH]2)cc1. The Labute approximate surface area is 181 Å². The molecule has 3 aromatic carbocycles. The second kappa shape index (κ2) is 7.23. The second-order valence-electron chi connectivity index (χ2n) is 6.55. The Kier molecular flexibility index (Phi) is 4.55. The molecule has 0 radical (unpaired) electrons. The minimum Gasteiger partial charge on any atom is -0.338 e. The average molecular weight is 440 g/mol. The zero-order valence-electron chi connectivity index (χ0n) is 14.9. The number of H-pyrrole nitrogens is 1. The molecular formula is C22H13Cl3N4. The van der Waals surface area contributed by atoms with Crippen molar-refractivity contribution < 1.29 is 0 Å². The molecule has 0 spiro atoms. The van der Waals surface area contributed by atoms with Crippen molar-refractivity contribution in [2.45, 2.75) is 0 Å². The highest BCUT2D eigenvalue weighted by Gasteiger charge is 2.18. The standard InChI is InChI=1S/C22H13Cl3N4/c23-14-8-6-13(7-9-14)21-16(12-29(28-21)15-4-2-1-3-5-15)22-26-19-10-17(24)18(25)11-20(19)27-22/h1-12H,(H,26,27). The fourth-order valence-electron chi connectivity index (χ4n) is 3.21. The van der Waals surface area contributed by atoms with E-state index in [1.165, 1.54) is 0 Å². The van der Waals surface area contributed by atoms with E-state index < -0.39 is 0 Å². The highest BCUT2D eigenvalue weighted by Crippen LogP contribution is 2.34. The number of aromatic amines is 1. The molecule has 5 aromatic rings. The molecule has 4 nitrogen and oxygen atoms in total. The molecule has 0 aliphatic rings. The van der Waals surface area contributed by atoms with Crippen molar-refractivity contribution in [2.75, 3.05) is 0 Å². The van der Waals surface area contributed by atoms with E-state index in [1.54, 1.807) is 12.1 Å². The van der Waals surface area contributed by atoms with E-state index in [2.05, 4.69) is 4.98 Å². The first kappa shape index (κ1) is 18.3. The number of fused-ring (bicyclic) bond motifs is 1. The number of imidazole rings is 1. The van der Waals surface area contributed by atoms with Gasteiger partial charge in [0.1, 0.15) is 11.5 Å². The van der Waals surface area contributed by atoms with Crippen LogP contribution in [0, 0.1) is 0 Å². The lowest BCUT2D eigenvalue weighted by Gasteiger charge is -2.01. The minimum absolute atomic E-state index is 0.468. The Morgan fingerprint density at radius 3 is 2.31 bits per heavy atom. The van der Waals surface area contributed by atoms with Crippen LogP contribution in [0.1, 0.15) is 0 Å². The molecule has 142 valence electrons. The molecule has 29 heavy (non-hydrogen) atoms. The Balaban J connectivity index is 1.72. The molecule has 2 heterocycles. The highest BCUT2D eigenvalue weighted by molar-refractivity contribution is 6.42. The number of nitrogens with one attached hydrogen (secondary N) is 1. The van der Waals surface area contributed by atoms with Gasteiger partial charge in [0.25, 0.3) is 0 Å². The van der Waals surface area contributed by atoms with E-state index in [1.807, 2.05) is 65.5 Å². The van der Waals surface area contributed by atoms with Gasteiger partial charge in [-0.2, -0.15) is 5.10 Å². The smallest absolute Gasteiger partial charge is 0.142 e. The quantitative estimate of drug-likeness (QED) is 0.327. The molecular weight excluding hydrogens is 427 g/mol. The summed E-state index contributed by atoms with van der Waals surface area (Å²) in [5.74, 6) is 0.686. The summed E-state index contributed by atoms with van der Waals surface area (Å²) in [5, 5.41) is 6.44. The molecule has 0 saturated carbocycles. The third-order valence-electron chi connectivity index (χ3n) is 4.63. The largest absolute Gasteiger partial charge is 0.338 e. The van der Waals surface area contributed by atoms with Crippen LogP contribution in [0.3, 0.4) is 0 Å². The van der Waals surface area contributed by atoms with Crippen molar-refractivity contribution in [2.24, 2.45) is 0 Å². The van der Waals surface area contributed by atoms with Gasteiger partial charge in [0.15, 0.2) is 0 Å². The third kappa shape index (κ3) is 3.40. The maximum absolute atomic E-state index is 6.16. The number of para-hydroxylation sites is 1. The van der Waals surface area contributed by atoms with Gasteiger partial charge in [0.05, 0.1) is 32.3 Å². The number of halogens is 3. The maximum Gasteiger partial charge on any atom is 0.142 e. The summed E-state index contributed by atoms with van der Waals surface area (Å²) in [6.45, 7) is 0. The van der Waals surface area contributed by atoms with Crippen molar-refractivity contribution >= 4 is 45.8 Å². The van der Waals surface area contributed by atoms with E-state index in [4.69, 9.17) is 44.9 Å². The van der Waals surface area contributed by atoms with Crippen LogP contribution in [0.25, 0.3) is 39.4 Å². The van der Waals surface area contributed by atoms with Crippen LogP contribution in [0.4, 0.5) is 0 Å². The van der Waals surface area contributed by atoms with Crippen molar-refractivity contribution in [3.05, 3.63) is 88.0 Å². The predicted molar refractivity (Wildman–Crippen MR) is 119 cm³/mol. The van der Waals surface area contributed by atoms with Crippen LogP contribution < -0.4 is 0 Å². The van der Waals surface area contributed by atoms with E-state index in [0.29, 0.717) is 20.9 Å². The molecule has 7 heteroatoms. The lowest BCUT2D eigenvalue weighted by atomic mass is 10.1. The molecule has 1 N–H and O–H groups in total. The normalized spacial score (nSPS) is 11.3. The zero-order chi connectivity index (χ0) is 20.0. The van der Waals surface area contributed by atoms with Gasteiger partial charge in [0, 0.05) is 16.8 Å². The van der Waals surface area contributed by atoms with Crippen LogP contribution in [0.2, 0.25) is 15.1 Å². The topological polar surface area (TPSA) is 46.5 Å². The fraction of sp³-hybridized carbons (Fsp3) is 0. The number of benzene rings is 3. The van der Waals surface area contributed by atoms with Crippen molar-refractivity contribution in [1.82, 2.24) is 19.7 Å². The van der Waals surface area contributed by atoms with Gasteiger partial charge in [0.2, 0.25) is 0 Å². The van der Waals surface area contributed by atoms with Gasteiger partial charge in [-0.05, 0) is 36.4 Å². The lowest BCUT2D eigenvalue weighted by molar-refractivity contribution is 0.884. The van der Waals surface area contributed by atoms with Gasteiger partial charge in [-0.3, -0.25) is 0 Å². The van der Waals surface area contributed by atoms with Crippen LogP contribution in [-0.2, 0) is 0 Å². The van der Waals surface area contributed by atoms with E-state index in [-0.39, 0.29) is 0 Å². The average Bonchev–Trinajstić information content (AvgIpc) is 3.34. The number of nitrogens with zero attached hydrogens (tertiary/aromatic N) is 3. The Morgan fingerprint density at radius 1 is 0.828 bits per heavy atom. The molecule has 0 atom stereocenters. The van der Waals surface area contributed by atoms with E-state index in [9.17, 15) is 0 Å². The summed E-state index contributed by atoms with van der Waals surface area (Å²) >= 11 is 18.4. The summed E-state index contributed by atoms with van der Waals surface area (Å²) in [7, 11) is 0. The molecule has 0 amide bonds. The molecule has 0 aliphatic heterocycles. The molecule has 5 rings (SSSR count). The Morgan fingerprint density at radius 2 is 1.55 bits per heavy atom. The molecule has 0 bridgehead atoms. The summed E-state index contributed by atoms with van der Waals surface area (Å²) in [6, 6.07) is 21.0. The van der Waals surface area contributed by atoms with Crippen LogP contribution in [-0.4, -0.2) is 19.7 Å². The monoisotopic (exact) mass is 438 g/mol. The van der Waals surface area contributed by atoms with Crippen LogP contribution in [0.15, 0.2) is 72.9 Å². The Bertz CT molecular complexity index is 1280. The van der Waals surface area contributed by atoms with Gasteiger partial charge in [-0.25, -0.2) is 9.67 Å². The highest BCUT2D eigenvalue weighted by atomic mass is 35.5. The zero-order valence-corrected chi connectivity index (χ0v) is 17.2. The van der Waals surface area contributed by atoms with Gasteiger partial charge >= 0.3 is 0 Å². The van der Waals surface area contributed by atoms with E-state index in [0.717, 1.165) is 33.5 Å². The molecule has 0 aliphatic carbocycles. The summed E-state index contributed by atoms with van der Waals surface area (Å²) in [6.07, 6.45) is 1.96. The van der Waals surface area contributed by atoms with E-state index >= 15 is 0 Å². The summed E-state index contributed by atoms with van der Waals surface area (Å²) in [5.41, 5.74) is 5.10. The van der Waals surface area contributed by atoms with Crippen molar-refractivity contribution in [3.63, 3.8) is 0 Å². The second-order valence-corrected chi connectivity index (χ2v) is 7.80. The number of rotatable bonds is 3. The first-order chi connectivity index (χ1) is 14.1. The maximum atomic E-state index is 6.16. The predicted octanol–water partition coefficient (Wildman–Crippen LogP) is 7.04. The van der Waals surface area contributed by atoms with Crippen LogP contribution >= 0.6 is 34.8 Å². The summed E-state index contributed by atoms with van der Waals surface area (Å²) < 4.78 is 1.84. The molecule has 0 fully saturated rings. The molecule has 2 aromatic heterocycles. The lowest BCUT2D eigenvalue weighted by Crippen LogP contribution is -1.93. The summed E-state index contributed by atoms with van der Waals surface area (Å²) in [4.78, 5) is 8.05. The first-order valence-electron chi connectivity index (χ1n) is 8.84. The number of hydrogen-bond donors (Lipinski definition) is 1. The van der Waals surface area contributed by atoms with Crippen molar-refractivity contribution in [1.29, 1.82) is 0 Å². The fourth-order valence-corrected chi connectivity index (χ4v) is 3.66. The third-order valence-corrected chi connectivity index (χ3v) is 5.61. The van der Waals surface area contributed by atoms with Gasteiger partial charge < -0.3 is 4.98 Å². The minimum atomic E-state index is 0.468. The number of aromatic nitrogens is 4. The van der Waals surface area contributed by atoms with Gasteiger partial charge in [-0.1, -0.05) is 65.1 Å². The van der Waals surface area contributed by atoms with Gasteiger partial charge in [-0.15, -0.1) is 0 Å².